The lowest BCUT2D eigenvalue weighted by Gasteiger charge is -2.41. The Morgan fingerprint density at radius 1 is 0.393 bits per heavy atom. The molecule has 0 amide bonds. The van der Waals surface area contributed by atoms with Crippen LogP contribution in [0.1, 0.15) is 222 Å². The summed E-state index contributed by atoms with van der Waals surface area (Å²) in [7, 11) is 0. The summed E-state index contributed by atoms with van der Waals surface area (Å²) in [4.78, 5) is 64.0. The molecule has 0 saturated carbocycles. The smallest absolute Gasteiger partial charge is 0.339 e. The number of H-pyrrole nitrogens is 1. The van der Waals surface area contributed by atoms with Crippen LogP contribution in [0.25, 0.3) is 128 Å². The molecule has 15 aromatic rings. The highest BCUT2D eigenvalue weighted by atomic mass is 35.5. The lowest BCUT2D eigenvalue weighted by molar-refractivity contribution is -0.167. The van der Waals surface area contributed by atoms with Crippen molar-refractivity contribution in [1.82, 2.24) is 59.4 Å². The van der Waals surface area contributed by atoms with Gasteiger partial charge in [0.1, 0.15) is 15.0 Å². The van der Waals surface area contributed by atoms with Crippen molar-refractivity contribution in [3.8, 4) is 65.1 Å². The van der Waals surface area contributed by atoms with Crippen LogP contribution in [0.5, 0.6) is 0 Å². The molecule has 0 aliphatic carbocycles. The van der Waals surface area contributed by atoms with Gasteiger partial charge in [-0.2, -0.15) is 15.3 Å². The second kappa shape index (κ2) is 43.6. The Bertz CT molecular complexity index is 7060. The minimum atomic E-state index is -0.914. The van der Waals surface area contributed by atoms with Crippen molar-refractivity contribution in [2.75, 3.05) is 98.7 Å². The molecule has 30 heteroatoms. The van der Waals surface area contributed by atoms with Gasteiger partial charge >= 0.3 is 17.9 Å². The fourth-order valence-electron chi connectivity index (χ4n) is 21.4. The van der Waals surface area contributed by atoms with E-state index in [0.29, 0.717) is 50.9 Å². The average Bonchev–Trinajstić information content (AvgIpc) is 1.67. The largest absolute Gasteiger partial charge is 0.464 e. The Morgan fingerprint density at radius 2 is 0.724 bits per heavy atom. The van der Waals surface area contributed by atoms with E-state index in [1.54, 1.807) is 34.0 Å². The number of likely N-dealkylation sites (tertiary alicyclic amines) is 3. The monoisotopic (exact) mass is 2070 g/mol. The zero-order chi connectivity index (χ0) is 102. The van der Waals surface area contributed by atoms with E-state index in [1.165, 1.54) is 27.9 Å². The first kappa shape index (κ1) is 104. The Balaban J connectivity index is 0.000000137. The Morgan fingerprint density at radius 3 is 1.07 bits per heavy atom. The third-order valence-corrected chi connectivity index (χ3v) is 32.7. The van der Waals surface area contributed by atoms with E-state index in [2.05, 4.69) is 121 Å². The normalized spacial score (nSPS) is 17.2. The molecule has 3 atom stereocenters. The minimum Gasteiger partial charge on any atom is -0.464 e. The van der Waals surface area contributed by atoms with Crippen molar-refractivity contribution in [1.29, 1.82) is 0 Å². The lowest BCUT2D eigenvalue weighted by Crippen LogP contribution is -2.51. The van der Waals surface area contributed by atoms with E-state index in [-0.39, 0.29) is 19.8 Å². The SMILES string of the molecule is CCOC(=O)[C@@H](OC(C)(C)C)c1c(C)cc2nc(-c3ccc4c(c3)c(C3CCN(C5COC5)CC3)nn4CC)sc2c1-c1ccc(Cl)cc1.CCOC(=O)[C@@H](OC(C)(C)C)c1c(C)cc2nc(-c3ccc4n[nH]c(C5CCN(C6COC6)CC5)c4c3)sc2c1-c1ccc(Cl)cc1.CCOC(=O)[C@@H](OC(C)(C)C)c1c(C)cc2nc(-c3ccc4nn(CC)c(C5CCN(C6COC6)CC5)c4c3)sc2c1-c1ccc(Cl)cc1. The second-order valence-electron chi connectivity index (χ2n) is 41.9. The molecule has 1 N–H and O–H groups in total. The number of aromatic amines is 1. The summed E-state index contributed by atoms with van der Waals surface area (Å²) in [5.41, 5.74) is 21.6. The molecule has 24 nitrogen and oxygen atoms in total. The van der Waals surface area contributed by atoms with Crippen LogP contribution >= 0.6 is 68.8 Å². The van der Waals surface area contributed by atoms with Crippen molar-refractivity contribution in [3.63, 3.8) is 0 Å². The van der Waals surface area contributed by atoms with Crippen molar-refractivity contribution in [2.45, 2.75) is 240 Å². The zero-order valence-corrected chi connectivity index (χ0v) is 90.7. The van der Waals surface area contributed by atoms with Gasteiger partial charge in [-0.05, 0) is 338 Å². The maximum Gasteiger partial charge on any atom is 0.339 e. The third kappa shape index (κ3) is 22.2. The molecule has 6 saturated heterocycles. The number of aromatic nitrogens is 9. The van der Waals surface area contributed by atoms with Crippen LogP contribution in [0.3, 0.4) is 0 Å². The number of thiazole rings is 3. The molecule has 0 spiro atoms. The number of carbonyl (C=O) groups excluding carboxylic acids is 3. The molecule has 0 unspecified atom stereocenters. The third-order valence-electron chi connectivity index (χ3n) is 28.5. The van der Waals surface area contributed by atoms with Crippen molar-refractivity contribution < 1.29 is 57.0 Å². The van der Waals surface area contributed by atoms with Gasteiger partial charge in [0.25, 0.3) is 0 Å². The molecule has 0 radical (unpaired) electrons. The van der Waals surface area contributed by atoms with Gasteiger partial charge in [-0.15, -0.1) is 34.0 Å². The average molecular weight is 2080 g/mol. The number of hydrogen-bond donors (Lipinski definition) is 1. The number of halogens is 3. The number of aryl methyl sites for hydroxylation is 5. The predicted molar refractivity (Wildman–Crippen MR) is 583 cm³/mol. The molecule has 9 aromatic carbocycles. The van der Waals surface area contributed by atoms with Crippen LogP contribution < -0.4 is 0 Å². The fraction of sp³-hybridized carbons (Fsp3) is 0.452. The molecule has 6 aliphatic rings. The summed E-state index contributed by atoms with van der Waals surface area (Å²) in [5.74, 6) is 0.0941. The first-order valence-corrected chi connectivity index (χ1v) is 54.8. The number of nitrogens with zero attached hydrogens (tertiary/aromatic N) is 11. The maximum absolute atomic E-state index is 13.6. The minimum absolute atomic E-state index is 0.262. The van der Waals surface area contributed by atoms with Crippen LogP contribution in [0.15, 0.2) is 146 Å². The molecule has 0 bridgehead atoms. The number of piperidine rings is 3. The van der Waals surface area contributed by atoms with Crippen molar-refractivity contribution in [2.24, 2.45) is 0 Å². The van der Waals surface area contributed by atoms with Gasteiger partial charge in [-0.3, -0.25) is 29.2 Å². The predicted octanol–water partition coefficient (Wildman–Crippen LogP) is 26.4. The number of carbonyl (C=O) groups is 3. The second-order valence-corrected chi connectivity index (χ2v) is 46.2. The van der Waals surface area contributed by atoms with Gasteiger partial charge in [0, 0.05) is 124 Å². The number of esters is 3. The molecule has 12 heterocycles. The number of ether oxygens (including phenoxy) is 9. The summed E-state index contributed by atoms with van der Waals surface area (Å²) >= 11 is 23.9. The van der Waals surface area contributed by atoms with E-state index in [0.717, 1.165) is 282 Å². The van der Waals surface area contributed by atoms with E-state index in [1.807, 2.05) is 177 Å². The molecule has 6 aromatic heterocycles. The van der Waals surface area contributed by atoms with Crippen molar-refractivity contribution in [3.05, 3.63) is 211 Å². The van der Waals surface area contributed by atoms with Crippen LogP contribution in [0, 0.1) is 20.8 Å². The summed E-state index contributed by atoms with van der Waals surface area (Å²) in [6, 6.07) is 50.8. The van der Waals surface area contributed by atoms with Crippen LogP contribution in [-0.2, 0) is 70.1 Å². The number of nitrogens with one attached hydrogen (secondary N) is 1. The van der Waals surface area contributed by atoms with Crippen molar-refractivity contribution >= 4 is 150 Å². The summed E-state index contributed by atoms with van der Waals surface area (Å²) < 4.78 is 59.8. The highest BCUT2D eigenvalue weighted by molar-refractivity contribution is 7.23. The number of rotatable bonds is 26. The van der Waals surface area contributed by atoms with Gasteiger partial charge in [0.2, 0.25) is 0 Å². The van der Waals surface area contributed by atoms with E-state index in [4.69, 9.17) is 103 Å². The molecular weight excluding hydrogens is 1940 g/mol. The Hall–Kier alpha value is -10.0. The molecule has 6 fully saturated rings. The molecule has 145 heavy (non-hydrogen) atoms. The quantitative estimate of drug-likeness (QED) is 0.0391. The topological polar surface area (TPSA) is 247 Å². The molecule has 762 valence electrons. The van der Waals surface area contributed by atoms with Crippen LogP contribution in [0.2, 0.25) is 15.1 Å². The molecular formula is C115H131Cl3N12O12S3. The molecule has 6 aliphatic heterocycles. The van der Waals surface area contributed by atoms with Gasteiger partial charge in [-0.25, -0.2) is 29.3 Å². The number of hydrogen-bond acceptors (Lipinski definition) is 24. The summed E-state index contributed by atoms with van der Waals surface area (Å²) in [6.45, 7) is 47.5. The fourth-order valence-corrected chi connectivity index (χ4v) is 25.1. The Labute approximate surface area is 875 Å². The number of fused-ring (bicyclic) bond motifs is 6. The highest BCUT2D eigenvalue weighted by Gasteiger charge is 2.42. The summed E-state index contributed by atoms with van der Waals surface area (Å²) in [5, 5.41) is 26.5. The van der Waals surface area contributed by atoms with Gasteiger partial charge in [0.05, 0.1) is 147 Å². The molecule has 21 rings (SSSR count). The van der Waals surface area contributed by atoms with Gasteiger partial charge in [0.15, 0.2) is 18.3 Å². The van der Waals surface area contributed by atoms with Crippen LogP contribution in [-0.4, -0.2) is 211 Å². The van der Waals surface area contributed by atoms with E-state index < -0.39 is 53.0 Å². The summed E-state index contributed by atoms with van der Waals surface area (Å²) in [6.07, 6.45) is 3.90. The number of benzene rings is 9. The van der Waals surface area contributed by atoms with Gasteiger partial charge in [-0.1, -0.05) is 71.2 Å². The highest BCUT2D eigenvalue weighted by Crippen LogP contribution is 2.52. The Kier molecular flexibility index (Phi) is 31.2. The van der Waals surface area contributed by atoms with Gasteiger partial charge < -0.3 is 42.6 Å². The lowest BCUT2D eigenvalue weighted by atomic mass is 9.90. The van der Waals surface area contributed by atoms with E-state index >= 15 is 0 Å². The first-order valence-electron chi connectivity index (χ1n) is 51.3. The standard InChI is InChI=1S/2C39H45ClN4O4S.C37H41ClN4O4S/c1-7-44-31-14-11-26(20-29(31)34(42-44)25-15-17-43(18-16-25)28-21-46-22-28)37-41-30-19-23(3)32(35(38(45)47-8-2)48-39(4,5)6)33(36(30)49-37)24-9-12-27(40)13-10-24;1-7-44-34(25-15-17-43(18-16-25)28-21-46-22-28)29-20-26(11-14-30(29)42-44)37-41-31-19-23(3)32(35(38(45)47-8-2)48-39(4,5)6)33(36(31)49-37)24-9-12-27(40)13-10-24;1-6-45-36(43)33(46-37(3,4)5)30-21(2)17-29-34(31(30)22-7-10-25(38)11-8-22)47-35(39-29)24-9-12-28-27(18-24)32(41-40-28)23-13-15-42(16-14-23)26-19-44-20-26/h2*9-14,19-20,25,28,35H,7-8,15-18,21-22H2,1-6H3;7-12,17-18,23,26,33H,6,13-16,19-20H2,1-5H3,(H,40,41)/t2*35-;33-/m000/s1. The maximum atomic E-state index is 13.6. The zero-order valence-electron chi connectivity index (χ0n) is 86.0. The van der Waals surface area contributed by atoms with Crippen LogP contribution in [0.4, 0.5) is 0 Å². The first-order chi connectivity index (χ1) is 69.7. The van der Waals surface area contributed by atoms with E-state index in [9.17, 15) is 14.4 Å².